The van der Waals surface area contributed by atoms with Crippen LogP contribution in [0.2, 0.25) is 0 Å². The number of hydrogen-bond acceptors (Lipinski definition) is 4. The van der Waals surface area contributed by atoms with Gasteiger partial charge < -0.3 is 10.1 Å². The Hall–Kier alpha value is -2.10. The largest absolute Gasteiger partial charge is 0.439 e. The van der Waals surface area contributed by atoms with E-state index < -0.39 is 0 Å². The third-order valence-electron chi connectivity index (χ3n) is 3.19. The van der Waals surface area contributed by atoms with Crippen molar-refractivity contribution in [3.63, 3.8) is 0 Å². The number of benzene rings is 1. The maximum atomic E-state index is 5.89. The Morgan fingerprint density at radius 1 is 1.16 bits per heavy atom. The van der Waals surface area contributed by atoms with E-state index in [1.54, 1.807) is 0 Å². The van der Waals surface area contributed by atoms with Gasteiger partial charge in [-0.15, -0.1) is 0 Å². The predicted octanol–water partition coefficient (Wildman–Crippen LogP) is 3.49. The highest BCUT2D eigenvalue weighted by Gasteiger charge is 2.11. The van der Waals surface area contributed by atoms with E-state index in [0.717, 1.165) is 23.6 Å². The van der Waals surface area contributed by atoms with Crippen LogP contribution in [0.25, 0.3) is 0 Å². The van der Waals surface area contributed by atoms with Gasteiger partial charge in [0.15, 0.2) is 0 Å². The molecule has 0 saturated heterocycles. The van der Waals surface area contributed by atoms with E-state index in [1.807, 2.05) is 19.2 Å². The highest BCUT2D eigenvalue weighted by molar-refractivity contribution is 5.49. The van der Waals surface area contributed by atoms with Crippen molar-refractivity contribution in [3.05, 3.63) is 41.2 Å². The Bertz CT molecular complexity index is 582. The number of aryl methyl sites for hydroxylation is 2. The lowest BCUT2D eigenvalue weighted by Gasteiger charge is -2.12. The van der Waals surface area contributed by atoms with Crippen LogP contribution in [0.1, 0.15) is 23.6 Å². The number of hydrogen-bond donors (Lipinski definition) is 1. The number of aromatic nitrogens is 2. The molecule has 0 aliphatic heterocycles. The molecule has 2 aromatic rings. The fourth-order valence-electron chi connectivity index (χ4n) is 1.91. The average molecular weight is 257 g/mol. The van der Waals surface area contributed by atoms with Crippen molar-refractivity contribution in [2.45, 2.75) is 27.2 Å². The molecule has 1 aromatic carbocycles. The number of anilines is 1. The van der Waals surface area contributed by atoms with Gasteiger partial charge in [-0.25, -0.2) is 9.97 Å². The van der Waals surface area contributed by atoms with E-state index in [-0.39, 0.29) is 0 Å². The number of nitrogens with one attached hydrogen (secondary N) is 1. The second-order valence-corrected chi connectivity index (χ2v) is 4.46. The summed E-state index contributed by atoms with van der Waals surface area (Å²) < 4.78 is 5.89. The first kappa shape index (κ1) is 13.3. The van der Waals surface area contributed by atoms with Crippen LogP contribution >= 0.6 is 0 Å². The molecule has 0 saturated carbocycles. The van der Waals surface area contributed by atoms with Crippen LogP contribution in [-0.2, 0) is 6.42 Å². The normalized spacial score (nSPS) is 10.3. The van der Waals surface area contributed by atoms with Gasteiger partial charge in [0.25, 0.3) is 0 Å². The first-order valence-corrected chi connectivity index (χ1v) is 6.42. The molecule has 2 rings (SSSR count). The molecule has 0 radical (unpaired) electrons. The summed E-state index contributed by atoms with van der Waals surface area (Å²) in [6, 6.07) is 6.04. The Morgan fingerprint density at radius 2 is 1.95 bits per heavy atom. The zero-order chi connectivity index (χ0) is 13.8. The molecule has 0 unspecified atom stereocenters. The smallest absolute Gasteiger partial charge is 0.227 e. The zero-order valence-electron chi connectivity index (χ0n) is 11.8. The maximum absolute atomic E-state index is 5.89. The first-order valence-electron chi connectivity index (χ1n) is 6.42. The second-order valence-electron chi connectivity index (χ2n) is 4.46. The van der Waals surface area contributed by atoms with Gasteiger partial charge in [0.1, 0.15) is 17.9 Å². The zero-order valence-corrected chi connectivity index (χ0v) is 11.8. The summed E-state index contributed by atoms with van der Waals surface area (Å²) in [5, 5.41) is 3.06. The molecule has 1 aromatic heterocycles. The molecule has 100 valence electrons. The van der Waals surface area contributed by atoms with Crippen LogP contribution in [0, 0.1) is 13.8 Å². The fraction of sp³-hybridized carbons (Fsp3) is 0.333. The molecular formula is C15H19N3O. The predicted molar refractivity (Wildman–Crippen MR) is 76.9 cm³/mol. The van der Waals surface area contributed by atoms with Gasteiger partial charge in [0.2, 0.25) is 5.88 Å². The summed E-state index contributed by atoms with van der Waals surface area (Å²) in [6.07, 6.45) is 2.33. The van der Waals surface area contributed by atoms with Gasteiger partial charge in [0, 0.05) is 7.05 Å². The Morgan fingerprint density at radius 3 is 2.58 bits per heavy atom. The Balaban J connectivity index is 2.35. The van der Waals surface area contributed by atoms with Crippen LogP contribution in [0.3, 0.4) is 0 Å². The van der Waals surface area contributed by atoms with Gasteiger partial charge >= 0.3 is 0 Å². The summed E-state index contributed by atoms with van der Waals surface area (Å²) in [5.41, 5.74) is 3.45. The van der Waals surface area contributed by atoms with Crippen LogP contribution in [0.4, 0.5) is 5.82 Å². The number of rotatable bonds is 4. The van der Waals surface area contributed by atoms with Crippen LogP contribution in [0.15, 0.2) is 24.5 Å². The van der Waals surface area contributed by atoms with Gasteiger partial charge in [-0.05, 0) is 43.5 Å². The van der Waals surface area contributed by atoms with Crippen molar-refractivity contribution in [1.82, 2.24) is 9.97 Å². The van der Waals surface area contributed by atoms with E-state index in [4.69, 9.17) is 4.74 Å². The van der Waals surface area contributed by atoms with E-state index in [2.05, 4.69) is 42.1 Å². The SMILES string of the molecule is CCc1c(NC)ncnc1Oc1ccc(C)c(C)c1. The van der Waals surface area contributed by atoms with Gasteiger partial charge in [0.05, 0.1) is 5.56 Å². The lowest BCUT2D eigenvalue weighted by Crippen LogP contribution is -2.02. The quantitative estimate of drug-likeness (QED) is 0.910. The monoisotopic (exact) mass is 257 g/mol. The third-order valence-corrected chi connectivity index (χ3v) is 3.19. The topological polar surface area (TPSA) is 47.0 Å². The molecular weight excluding hydrogens is 238 g/mol. The molecule has 0 aliphatic rings. The third kappa shape index (κ3) is 2.84. The maximum Gasteiger partial charge on any atom is 0.227 e. The minimum absolute atomic E-state index is 0.616. The molecule has 1 heterocycles. The van der Waals surface area contributed by atoms with Crippen molar-refractivity contribution < 1.29 is 4.74 Å². The Labute approximate surface area is 113 Å². The molecule has 0 spiro atoms. The molecule has 1 N–H and O–H groups in total. The summed E-state index contributed by atoms with van der Waals surface area (Å²) >= 11 is 0. The molecule has 0 fully saturated rings. The number of nitrogens with zero attached hydrogens (tertiary/aromatic N) is 2. The molecule has 0 atom stereocenters. The molecule has 19 heavy (non-hydrogen) atoms. The summed E-state index contributed by atoms with van der Waals surface area (Å²) in [4.78, 5) is 8.43. The highest BCUT2D eigenvalue weighted by atomic mass is 16.5. The lowest BCUT2D eigenvalue weighted by atomic mass is 10.1. The van der Waals surface area contributed by atoms with E-state index in [0.29, 0.717) is 5.88 Å². The number of ether oxygens (including phenoxy) is 1. The summed E-state index contributed by atoms with van der Waals surface area (Å²) in [6.45, 7) is 6.22. The summed E-state index contributed by atoms with van der Waals surface area (Å²) in [7, 11) is 1.85. The van der Waals surface area contributed by atoms with E-state index in [1.165, 1.54) is 17.5 Å². The van der Waals surface area contributed by atoms with Crippen LogP contribution in [0.5, 0.6) is 11.6 Å². The molecule has 4 nitrogen and oxygen atoms in total. The van der Waals surface area contributed by atoms with E-state index >= 15 is 0 Å². The fourth-order valence-corrected chi connectivity index (χ4v) is 1.91. The van der Waals surface area contributed by atoms with Crippen molar-refractivity contribution in [2.24, 2.45) is 0 Å². The summed E-state index contributed by atoms with van der Waals surface area (Å²) in [5.74, 6) is 2.24. The molecule has 0 amide bonds. The average Bonchev–Trinajstić information content (AvgIpc) is 2.42. The van der Waals surface area contributed by atoms with Gasteiger partial charge in [-0.1, -0.05) is 13.0 Å². The van der Waals surface area contributed by atoms with Crippen molar-refractivity contribution >= 4 is 5.82 Å². The van der Waals surface area contributed by atoms with Crippen molar-refractivity contribution in [2.75, 3.05) is 12.4 Å². The van der Waals surface area contributed by atoms with Gasteiger partial charge in [-0.3, -0.25) is 0 Å². The van der Waals surface area contributed by atoms with Crippen molar-refractivity contribution in [1.29, 1.82) is 0 Å². The standard InChI is InChI=1S/C15H19N3O/c1-5-13-14(16-4)17-9-18-15(13)19-12-7-6-10(2)11(3)8-12/h6-9H,5H2,1-4H3,(H,16,17,18). The molecule has 0 bridgehead atoms. The second kappa shape index (κ2) is 5.69. The minimum Gasteiger partial charge on any atom is -0.439 e. The first-order chi connectivity index (χ1) is 9.15. The highest BCUT2D eigenvalue weighted by Crippen LogP contribution is 2.28. The van der Waals surface area contributed by atoms with Gasteiger partial charge in [-0.2, -0.15) is 0 Å². The van der Waals surface area contributed by atoms with Crippen LogP contribution in [-0.4, -0.2) is 17.0 Å². The van der Waals surface area contributed by atoms with E-state index in [9.17, 15) is 0 Å². The van der Waals surface area contributed by atoms with Crippen molar-refractivity contribution in [3.8, 4) is 11.6 Å². The van der Waals surface area contributed by atoms with Crippen LogP contribution < -0.4 is 10.1 Å². The molecule has 4 heteroatoms. The lowest BCUT2D eigenvalue weighted by molar-refractivity contribution is 0.455. The minimum atomic E-state index is 0.616. The Kier molecular flexibility index (Phi) is 4.00. The molecule has 0 aliphatic carbocycles.